The second-order valence-corrected chi connectivity index (χ2v) is 5.00. The van der Waals surface area contributed by atoms with Crippen LogP contribution in [0.25, 0.3) is 0 Å². The van der Waals surface area contributed by atoms with E-state index in [1.54, 1.807) is 0 Å². The van der Waals surface area contributed by atoms with Gasteiger partial charge in [-0.05, 0) is 43.4 Å². The maximum atomic E-state index is 12.1. The molecule has 0 bridgehead atoms. The van der Waals surface area contributed by atoms with Gasteiger partial charge in [-0.3, -0.25) is 0 Å². The quantitative estimate of drug-likeness (QED) is 0.861. The second kappa shape index (κ2) is 6.24. The van der Waals surface area contributed by atoms with Crippen molar-refractivity contribution in [2.75, 3.05) is 6.54 Å². The number of nitrogens with zero attached hydrogens (tertiary/aromatic N) is 1. The number of carbonyl (C=O) groups excluding carboxylic acids is 1. The molecule has 1 atom stereocenters. The minimum atomic E-state index is -4.71. The first-order valence-corrected chi connectivity index (χ1v) is 6.67. The Morgan fingerprint density at radius 2 is 1.95 bits per heavy atom. The smallest absolute Gasteiger partial charge is 0.530 e. The zero-order valence-corrected chi connectivity index (χ0v) is 11.2. The van der Waals surface area contributed by atoms with Gasteiger partial charge in [0.2, 0.25) is 0 Å². The molecule has 0 saturated carbocycles. The number of likely N-dealkylation sites (tertiary alicyclic amines) is 1. The average Bonchev–Trinajstić information content (AvgIpc) is 2.40. The van der Waals surface area contributed by atoms with Gasteiger partial charge in [-0.1, -0.05) is 12.1 Å². The van der Waals surface area contributed by atoms with Crippen molar-refractivity contribution in [3.63, 3.8) is 0 Å². The molecule has 4 nitrogen and oxygen atoms in total. The van der Waals surface area contributed by atoms with Gasteiger partial charge in [0, 0.05) is 12.6 Å². The number of rotatable bonds is 3. The highest BCUT2D eigenvalue weighted by Gasteiger charge is 2.31. The summed E-state index contributed by atoms with van der Waals surface area (Å²) < 4.78 is 40.0. The molecule has 1 unspecified atom stereocenters. The summed E-state index contributed by atoms with van der Waals surface area (Å²) in [5.74, 6) is -0.286. The lowest BCUT2D eigenvalue weighted by Gasteiger charge is -2.37. The van der Waals surface area contributed by atoms with E-state index in [1.807, 2.05) is 0 Å². The second-order valence-electron chi connectivity index (χ2n) is 5.00. The van der Waals surface area contributed by atoms with Crippen LogP contribution in [0.15, 0.2) is 24.3 Å². The van der Waals surface area contributed by atoms with Crippen molar-refractivity contribution in [1.29, 1.82) is 0 Å². The fourth-order valence-corrected chi connectivity index (χ4v) is 2.55. The van der Waals surface area contributed by atoms with Gasteiger partial charge in [0.1, 0.15) is 11.8 Å². The number of benzene rings is 1. The predicted octanol–water partition coefficient (Wildman–Crippen LogP) is 2.33. The third-order valence-corrected chi connectivity index (χ3v) is 3.49. The first-order valence-electron chi connectivity index (χ1n) is 6.67. The van der Waals surface area contributed by atoms with Gasteiger partial charge in [0.05, 0.1) is 0 Å². The van der Waals surface area contributed by atoms with Crippen molar-refractivity contribution in [3.05, 3.63) is 29.8 Å². The maximum Gasteiger partial charge on any atom is 0.573 e. The molecular formula is C14H15F3NO3-. The lowest BCUT2D eigenvalue weighted by atomic mass is 9.96. The number of ether oxygens (including phenoxy) is 1. The molecule has 0 radical (unpaired) electrons. The van der Waals surface area contributed by atoms with Crippen LogP contribution in [-0.2, 0) is 6.42 Å². The highest BCUT2D eigenvalue weighted by molar-refractivity contribution is 5.63. The molecule has 1 aromatic rings. The largest absolute Gasteiger partial charge is 0.573 e. The minimum absolute atomic E-state index is 0.182. The van der Waals surface area contributed by atoms with Crippen LogP contribution in [0.2, 0.25) is 0 Å². The molecule has 2 rings (SSSR count). The molecule has 1 amide bonds. The van der Waals surface area contributed by atoms with E-state index in [2.05, 4.69) is 4.74 Å². The fourth-order valence-electron chi connectivity index (χ4n) is 2.55. The molecule has 1 aliphatic rings. The van der Waals surface area contributed by atoms with Crippen molar-refractivity contribution in [2.24, 2.45) is 0 Å². The molecule has 0 aliphatic carbocycles. The van der Waals surface area contributed by atoms with Gasteiger partial charge in [-0.15, -0.1) is 13.2 Å². The molecule has 1 aromatic carbocycles. The Hall–Kier alpha value is -1.92. The van der Waals surface area contributed by atoms with Crippen LogP contribution in [0.1, 0.15) is 24.8 Å². The van der Waals surface area contributed by atoms with E-state index in [0.29, 0.717) is 13.0 Å². The highest BCUT2D eigenvalue weighted by Crippen LogP contribution is 2.25. The monoisotopic (exact) mass is 302 g/mol. The van der Waals surface area contributed by atoms with Gasteiger partial charge in [0.25, 0.3) is 0 Å². The lowest BCUT2D eigenvalue weighted by molar-refractivity contribution is -0.274. The van der Waals surface area contributed by atoms with E-state index in [4.69, 9.17) is 0 Å². The molecule has 1 heterocycles. The summed E-state index contributed by atoms with van der Waals surface area (Å²) in [5, 5.41) is 11.0. The van der Waals surface area contributed by atoms with E-state index in [9.17, 15) is 23.1 Å². The van der Waals surface area contributed by atoms with Crippen LogP contribution in [0.3, 0.4) is 0 Å². The fraction of sp³-hybridized carbons (Fsp3) is 0.500. The Morgan fingerprint density at radius 3 is 2.52 bits per heavy atom. The summed E-state index contributed by atoms with van der Waals surface area (Å²) in [6, 6.07) is 5.31. The summed E-state index contributed by atoms with van der Waals surface area (Å²) in [5.41, 5.74) is 0.766. The number of halogens is 3. The molecule has 7 heteroatoms. The Labute approximate surface area is 120 Å². The molecule has 116 valence electrons. The van der Waals surface area contributed by atoms with Crippen molar-refractivity contribution >= 4 is 6.09 Å². The van der Waals surface area contributed by atoms with E-state index < -0.39 is 12.5 Å². The Bertz CT molecular complexity index is 487. The first kappa shape index (κ1) is 15.5. The Kier molecular flexibility index (Phi) is 4.59. The van der Waals surface area contributed by atoms with Crippen LogP contribution in [0.4, 0.5) is 18.0 Å². The predicted molar refractivity (Wildman–Crippen MR) is 66.6 cm³/mol. The normalized spacial score (nSPS) is 19.4. The summed E-state index contributed by atoms with van der Waals surface area (Å²) in [6.45, 7) is 0.447. The molecule has 0 spiro atoms. The van der Waals surface area contributed by atoms with E-state index >= 15 is 0 Å². The van der Waals surface area contributed by atoms with E-state index in [0.717, 1.165) is 24.8 Å². The topological polar surface area (TPSA) is 52.6 Å². The highest BCUT2D eigenvalue weighted by atomic mass is 19.4. The van der Waals surface area contributed by atoms with Gasteiger partial charge in [-0.25, -0.2) is 0 Å². The van der Waals surface area contributed by atoms with Crippen LogP contribution in [0.5, 0.6) is 5.75 Å². The van der Waals surface area contributed by atoms with Crippen LogP contribution in [-0.4, -0.2) is 29.9 Å². The van der Waals surface area contributed by atoms with Crippen molar-refractivity contribution in [1.82, 2.24) is 4.90 Å². The number of carboxylic acid groups (broad SMARTS) is 1. The summed E-state index contributed by atoms with van der Waals surface area (Å²) in [4.78, 5) is 12.3. The summed E-state index contributed by atoms with van der Waals surface area (Å²) >= 11 is 0. The molecule has 0 aromatic heterocycles. The summed E-state index contributed by atoms with van der Waals surface area (Å²) in [6.07, 6.45) is -2.98. The first-order chi connectivity index (χ1) is 9.85. The van der Waals surface area contributed by atoms with E-state index in [-0.39, 0.29) is 11.8 Å². The van der Waals surface area contributed by atoms with Gasteiger partial charge >= 0.3 is 6.36 Å². The van der Waals surface area contributed by atoms with Crippen LogP contribution < -0.4 is 9.84 Å². The van der Waals surface area contributed by atoms with Crippen molar-refractivity contribution < 1.29 is 27.8 Å². The molecule has 1 saturated heterocycles. The number of carbonyl (C=O) groups is 1. The van der Waals surface area contributed by atoms with Gasteiger partial charge in [0.15, 0.2) is 0 Å². The van der Waals surface area contributed by atoms with E-state index in [1.165, 1.54) is 29.2 Å². The molecule has 0 N–H and O–H groups in total. The standard InChI is InChI=1S/C14H16F3NO3/c15-14(16,17)21-12-6-4-10(5-7-12)9-11-3-1-2-8-18(11)13(19)20/h4-7,11H,1-3,8-9H2,(H,19,20)/p-1. The van der Waals surface area contributed by atoms with Crippen LogP contribution in [0, 0.1) is 0 Å². The average molecular weight is 302 g/mol. The SMILES string of the molecule is O=C([O-])N1CCCCC1Cc1ccc(OC(F)(F)F)cc1. The number of hydrogen-bond acceptors (Lipinski definition) is 3. The number of alkyl halides is 3. The maximum absolute atomic E-state index is 12.1. The van der Waals surface area contributed by atoms with Gasteiger partial charge < -0.3 is 19.5 Å². The number of amides is 1. The Balaban J connectivity index is 2.00. The zero-order valence-electron chi connectivity index (χ0n) is 11.2. The minimum Gasteiger partial charge on any atom is -0.530 e. The molecule has 1 aliphatic heterocycles. The lowest BCUT2D eigenvalue weighted by Crippen LogP contribution is -2.50. The van der Waals surface area contributed by atoms with Crippen molar-refractivity contribution in [3.8, 4) is 5.75 Å². The molecule has 21 heavy (non-hydrogen) atoms. The Morgan fingerprint density at radius 1 is 1.29 bits per heavy atom. The third kappa shape index (κ3) is 4.54. The third-order valence-electron chi connectivity index (χ3n) is 3.49. The van der Waals surface area contributed by atoms with Crippen molar-refractivity contribution in [2.45, 2.75) is 38.1 Å². The van der Waals surface area contributed by atoms with Crippen LogP contribution >= 0.6 is 0 Å². The van der Waals surface area contributed by atoms with Gasteiger partial charge in [-0.2, -0.15) is 0 Å². The number of hydrogen-bond donors (Lipinski definition) is 0. The number of piperidine rings is 1. The zero-order chi connectivity index (χ0) is 15.5. The molecule has 1 fully saturated rings. The summed E-state index contributed by atoms with van der Waals surface area (Å²) in [7, 11) is 0. The molecular weight excluding hydrogens is 287 g/mol.